The van der Waals surface area contributed by atoms with Crippen LogP contribution in [0.15, 0.2) is 70.8 Å². The maximum atomic E-state index is 6.18. The number of nitrogens with zero attached hydrogens (tertiary/aromatic N) is 2. The first-order valence-electron chi connectivity index (χ1n) is 6.59. The van der Waals surface area contributed by atoms with E-state index in [2.05, 4.69) is 15.3 Å². The van der Waals surface area contributed by atoms with E-state index in [9.17, 15) is 0 Å². The van der Waals surface area contributed by atoms with Gasteiger partial charge in [-0.1, -0.05) is 53.7 Å². The average Bonchev–Trinajstić information content (AvgIpc) is 2.54. The molecule has 0 amide bonds. The summed E-state index contributed by atoms with van der Waals surface area (Å²) in [6, 6.07) is 17.4. The number of nitrogens with one attached hydrogen (secondary N) is 1. The molecule has 110 valence electrons. The summed E-state index contributed by atoms with van der Waals surface area (Å²) in [6.07, 6.45) is 1.49. The highest BCUT2D eigenvalue weighted by atomic mass is 35.5. The second-order valence-corrected chi connectivity index (χ2v) is 5.93. The van der Waals surface area contributed by atoms with Gasteiger partial charge >= 0.3 is 0 Å². The average molecular weight is 329 g/mol. The second kappa shape index (κ2) is 6.68. The summed E-state index contributed by atoms with van der Waals surface area (Å²) in [6.45, 7) is 0. The lowest BCUT2D eigenvalue weighted by Gasteiger charge is -2.11. The van der Waals surface area contributed by atoms with Crippen molar-refractivity contribution in [3.05, 3.63) is 65.9 Å². The summed E-state index contributed by atoms with van der Waals surface area (Å²) in [7, 11) is 0. The van der Waals surface area contributed by atoms with Crippen LogP contribution in [0.3, 0.4) is 0 Å². The predicted octanol–water partition coefficient (Wildman–Crippen LogP) is 4.61. The smallest absolute Gasteiger partial charge is 0.158 e. The zero-order chi connectivity index (χ0) is 15.4. The fourth-order valence-electron chi connectivity index (χ4n) is 1.85. The van der Waals surface area contributed by atoms with E-state index in [0.29, 0.717) is 21.6 Å². The van der Waals surface area contributed by atoms with E-state index in [0.717, 1.165) is 10.6 Å². The number of rotatable bonds is 4. The molecule has 2 aromatic carbocycles. The Bertz CT molecular complexity index is 780. The van der Waals surface area contributed by atoms with Crippen molar-refractivity contribution in [3.63, 3.8) is 0 Å². The van der Waals surface area contributed by atoms with Gasteiger partial charge in [0.05, 0.1) is 10.7 Å². The minimum absolute atomic E-state index is 0.497. The molecule has 0 radical (unpaired) electrons. The van der Waals surface area contributed by atoms with Crippen LogP contribution in [0.5, 0.6) is 0 Å². The molecule has 6 heteroatoms. The third-order valence-corrected chi connectivity index (χ3v) is 4.29. The van der Waals surface area contributed by atoms with Crippen molar-refractivity contribution in [2.45, 2.75) is 9.92 Å². The molecule has 1 heterocycles. The molecule has 0 atom stereocenters. The van der Waals surface area contributed by atoms with Crippen molar-refractivity contribution < 1.29 is 0 Å². The first-order valence-corrected chi connectivity index (χ1v) is 7.78. The topological polar surface area (TPSA) is 63.8 Å². The fourth-order valence-corrected chi connectivity index (χ4v) is 2.86. The molecule has 1 aromatic heterocycles. The molecule has 0 aliphatic rings. The first kappa shape index (κ1) is 14.7. The Balaban J connectivity index is 1.88. The van der Waals surface area contributed by atoms with Crippen molar-refractivity contribution >= 4 is 40.6 Å². The Morgan fingerprint density at radius 1 is 0.955 bits per heavy atom. The molecule has 0 bridgehead atoms. The lowest BCUT2D eigenvalue weighted by atomic mass is 10.3. The molecule has 0 fully saturated rings. The van der Waals surface area contributed by atoms with Gasteiger partial charge in [0.15, 0.2) is 5.82 Å². The van der Waals surface area contributed by atoms with E-state index in [1.54, 1.807) is 6.07 Å². The van der Waals surface area contributed by atoms with Crippen LogP contribution in [0, 0.1) is 0 Å². The summed E-state index contributed by atoms with van der Waals surface area (Å²) in [5.74, 6) is 0.543. The minimum atomic E-state index is 0.497. The van der Waals surface area contributed by atoms with Crippen molar-refractivity contribution in [3.8, 4) is 0 Å². The van der Waals surface area contributed by atoms with Gasteiger partial charge in [0.2, 0.25) is 0 Å². The van der Waals surface area contributed by atoms with E-state index in [1.165, 1.54) is 18.1 Å². The number of benzene rings is 2. The molecule has 0 unspecified atom stereocenters. The van der Waals surface area contributed by atoms with Gasteiger partial charge in [0.25, 0.3) is 0 Å². The van der Waals surface area contributed by atoms with Crippen molar-refractivity contribution in [2.24, 2.45) is 0 Å². The number of anilines is 3. The SMILES string of the molecule is Nc1c(Nc2ccccc2Cl)ncnc1Sc1ccccc1. The largest absolute Gasteiger partial charge is 0.394 e. The molecule has 4 nitrogen and oxygen atoms in total. The predicted molar refractivity (Wildman–Crippen MR) is 91.7 cm³/mol. The third kappa shape index (κ3) is 3.32. The molecule has 22 heavy (non-hydrogen) atoms. The molecule has 3 N–H and O–H groups in total. The Morgan fingerprint density at radius 3 is 2.45 bits per heavy atom. The van der Waals surface area contributed by atoms with Crippen LogP contribution in [-0.2, 0) is 0 Å². The van der Waals surface area contributed by atoms with Gasteiger partial charge in [-0.3, -0.25) is 0 Å². The number of para-hydroxylation sites is 1. The molecule has 0 aliphatic heterocycles. The fraction of sp³-hybridized carbons (Fsp3) is 0. The summed E-state index contributed by atoms with van der Waals surface area (Å²) < 4.78 is 0. The summed E-state index contributed by atoms with van der Waals surface area (Å²) >= 11 is 7.64. The number of nitrogen functional groups attached to an aromatic ring is 1. The molecule has 0 saturated heterocycles. The molecular formula is C16H13ClN4S. The third-order valence-electron chi connectivity index (χ3n) is 2.93. The summed E-state index contributed by atoms with van der Waals surface area (Å²) in [5, 5.41) is 4.46. The quantitative estimate of drug-likeness (QED) is 0.685. The van der Waals surface area contributed by atoms with E-state index < -0.39 is 0 Å². The second-order valence-electron chi connectivity index (χ2n) is 4.46. The standard InChI is InChI=1S/C16H13ClN4S/c17-12-8-4-5-9-13(12)21-15-14(18)16(20-10-19-15)22-11-6-2-1-3-7-11/h1-10H,18H2,(H,19,20,21). The monoisotopic (exact) mass is 328 g/mol. The zero-order valence-electron chi connectivity index (χ0n) is 11.5. The lowest BCUT2D eigenvalue weighted by molar-refractivity contribution is 1.06. The van der Waals surface area contributed by atoms with E-state index in [1.807, 2.05) is 48.5 Å². The van der Waals surface area contributed by atoms with E-state index in [-0.39, 0.29) is 0 Å². The van der Waals surface area contributed by atoms with Gasteiger partial charge in [-0.2, -0.15) is 0 Å². The Kier molecular flexibility index (Phi) is 4.46. The van der Waals surface area contributed by atoms with Crippen LogP contribution in [0.2, 0.25) is 5.02 Å². The highest BCUT2D eigenvalue weighted by molar-refractivity contribution is 7.99. The van der Waals surface area contributed by atoms with Gasteiger partial charge in [0, 0.05) is 4.90 Å². The highest BCUT2D eigenvalue weighted by Crippen LogP contribution is 2.34. The number of halogens is 1. The van der Waals surface area contributed by atoms with E-state index >= 15 is 0 Å². The Morgan fingerprint density at radius 2 is 1.68 bits per heavy atom. The number of hydrogen-bond donors (Lipinski definition) is 2. The van der Waals surface area contributed by atoms with Crippen molar-refractivity contribution in [1.29, 1.82) is 0 Å². The molecule has 0 spiro atoms. The van der Waals surface area contributed by atoms with E-state index in [4.69, 9.17) is 17.3 Å². The summed E-state index contributed by atoms with van der Waals surface area (Å²) in [4.78, 5) is 9.52. The van der Waals surface area contributed by atoms with Crippen molar-refractivity contribution in [1.82, 2.24) is 9.97 Å². The molecule has 3 aromatic rings. The number of hydrogen-bond acceptors (Lipinski definition) is 5. The Labute approximate surface area is 137 Å². The maximum absolute atomic E-state index is 6.18. The molecular weight excluding hydrogens is 316 g/mol. The zero-order valence-corrected chi connectivity index (χ0v) is 13.1. The van der Waals surface area contributed by atoms with Gasteiger partial charge in [-0.05, 0) is 24.3 Å². The normalized spacial score (nSPS) is 10.4. The first-order chi connectivity index (χ1) is 10.7. The van der Waals surface area contributed by atoms with Gasteiger partial charge in [0.1, 0.15) is 17.0 Å². The number of nitrogens with two attached hydrogens (primary N) is 1. The van der Waals surface area contributed by atoms with Crippen molar-refractivity contribution in [2.75, 3.05) is 11.1 Å². The lowest BCUT2D eigenvalue weighted by Crippen LogP contribution is -2.02. The van der Waals surface area contributed by atoms with Crippen LogP contribution < -0.4 is 11.1 Å². The highest BCUT2D eigenvalue weighted by Gasteiger charge is 2.10. The van der Waals surface area contributed by atoms with Gasteiger partial charge in [-0.25, -0.2) is 9.97 Å². The maximum Gasteiger partial charge on any atom is 0.158 e. The van der Waals surface area contributed by atoms with Gasteiger partial charge in [-0.15, -0.1) is 0 Å². The molecule has 0 saturated carbocycles. The Hall–Kier alpha value is -2.24. The molecule has 3 rings (SSSR count). The number of aromatic nitrogens is 2. The molecule has 0 aliphatic carbocycles. The van der Waals surface area contributed by atoms with Crippen LogP contribution in [0.1, 0.15) is 0 Å². The van der Waals surface area contributed by atoms with Crippen LogP contribution in [0.4, 0.5) is 17.2 Å². The van der Waals surface area contributed by atoms with Gasteiger partial charge < -0.3 is 11.1 Å². The van der Waals surface area contributed by atoms with Crippen LogP contribution in [0.25, 0.3) is 0 Å². The minimum Gasteiger partial charge on any atom is -0.394 e. The summed E-state index contributed by atoms with van der Waals surface area (Å²) in [5.41, 5.74) is 7.43. The van der Waals surface area contributed by atoms with Crippen LogP contribution >= 0.6 is 23.4 Å². The van der Waals surface area contributed by atoms with Crippen LogP contribution in [-0.4, -0.2) is 9.97 Å².